The number of hydrogen-bond donors (Lipinski definition) is 2. The fourth-order valence-corrected chi connectivity index (χ4v) is 0.762. The predicted molar refractivity (Wildman–Crippen MR) is 36.5 cm³/mol. The molecule has 3 N–H and O–H groups in total. The fraction of sp³-hybridized carbons (Fsp3) is 0.333. The Morgan fingerprint density at radius 3 is 2.67 bits per heavy atom. The molecule has 1 heterocycles. The number of carboxylic acid groups (broad SMARTS) is 1. The van der Waals surface area contributed by atoms with E-state index in [4.69, 9.17) is 10.8 Å². The maximum atomic E-state index is 10.4. The van der Waals surface area contributed by atoms with Crippen molar-refractivity contribution in [2.75, 3.05) is 0 Å². The number of aromatic nitrogens is 2. The summed E-state index contributed by atoms with van der Waals surface area (Å²) in [4.78, 5) is 10.4. The number of nitrogens with zero attached hydrogens (tertiary/aromatic N) is 2. The SMILES string of the molecule is C[n+]1ccn(C(N)C(=O)O)c1.[Cl-]. The third kappa shape index (κ3) is 2.21. The Morgan fingerprint density at radius 1 is 1.75 bits per heavy atom. The molecule has 1 aromatic rings. The normalized spacial score (nSPS) is 11.8. The number of halogens is 1. The van der Waals surface area contributed by atoms with Crippen molar-refractivity contribution in [3.63, 3.8) is 0 Å². The molecular formula is C6H10ClN3O2. The minimum Gasteiger partial charge on any atom is -1.00 e. The molecule has 0 amide bonds. The summed E-state index contributed by atoms with van der Waals surface area (Å²) >= 11 is 0. The molecule has 0 saturated heterocycles. The van der Waals surface area contributed by atoms with Crippen LogP contribution < -0.4 is 22.7 Å². The van der Waals surface area contributed by atoms with Gasteiger partial charge in [0.15, 0.2) is 0 Å². The Labute approximate surface area is 75.8 Å². The third-order valence-electron chi connectivity index (χ3n) is 1.36. The van der Waals surface area contributed by atoms with Crippen molar-refractivity contribution in [1.29, 1.82) is 0 Å². The first-order valence-electron chi connectivity index (χ1n) is 3.12. The quantitative estimate of drug-likeness (QED) is 0.467. The number of carbonyl (C=O) groups is 1. The first kappa shape index (κ1) is 10.9. The van der Waals surface area contributed by atoms with Gasteiger partial charge in [0.05, 0.1) is 7.05 Å². The van der Waals surface area contributed by atoms with Gasteiger partial charge in [-0.25, -0.2) is 13.9 Å². The summed E-state index contributed by atoms with van der Waals surface area (Å²) in [6.07, 6.45) is 3.96. The smallest absolute Gasteiger partial charge is 0.365 e. The van der Waals surface area contributed by atoms with Crippen LogP contribution in [0.1, 0.15) is 6.17 Å². The van der Waals surface area contributed by atoms with E-state index in [-0.39, 0.29) is 12.4 Å². The number of carboxylic acids is 1. The van der Waals surface area contributed by atoms with Gasteiger partial charge in [0.2, 0.25) is 12.5 Å². The number of nitrogens with two attached hydrogens (primary N) is 1. The van der Waals surface area contributed by atoms with E-state index in [1.807, 2.05) is 0 Å². The van der Waals surface area contributed by atoms with Gasteiger partial charge in [-0.2, -0.15) is 0 Å². The molecule has 1 aromatic heterocycles. The van der Waals surface area contributed by atoms with Gasteiger partial charge in [0.25, 0.3) is 0 Å². The number of rotatable bonds is 2. The van der Waals surface area contributed by atoms with Gasteiger partial charge in [-0.1, -0.05) is 0 Å². The lowest BCUT2D eigenvalue weighted by Crippen LogP contribution is -3.00. The lowest BCUT2D eigenvalue weighted by Gasteiger charge is -1.99. The Hall–Kier alpha value is -1.07. The molecule has 0 spiro atoms. The van der Waals surface area contributed by atoms with Gasteiger partial charge in [-0.15, -0.1) is 0 Å². The van der Waals surface area contributed by atoms with Crippen molar-refractivity contribution in [1.82, 2.24) is 4.57 Å². The van der Waals surface area contributed by atoms with Crippen molar-refractivity contribution in [2.24, 2.45) is 12.8 Å². The van der Waals surface area contributed by atoms with Crippen molar-refractivity contribution in [3.05, 3.63) is 18.7 Å². The zero-order valence-corrected chi connectivity index (χ0v) is 7.27. The second-order valence-electron chi connectivity index (χ2n) is 2.31. The highest BCUT2D eigenvalue weighted by Gasteiger charge is 2.18. The number of hydrogen-bond acceptors (Lipinski definition) is 2. The molecule has 12 heavy (non-hydrogen) atoms. The number of imidazole rings is 1. The second kappa shape index (κ2) is 4.08. The van der Waals surface area contributed by atoms with Crippen LogP contribution >= 0.6 is 0 Å². The molecule has 6 heteroatoms. The first-order valence-corrected chi connectivity index (χ1v) is 3.12. The van der Waals surface area contributed by atoms with Gasteiger partial charge < -0.3 is 17.5 Å². The molecule has 0 fully saturated rings. The van der Waals surface area contributed by atoms with E-state index in [2.05, 4.69) is 0 Å². The van der Waals surface area contributed by atoms with Gasteiger partial charge in [0, 0.05) is 0 Å². The maximum Gasteiger partial charge on any atom is 0.365 e. The lowest BCUT2D eigenvalue weighted by molar-refractivity contribution is -0.671. The van der Waals surface area contributed by atoms with Gasteiger partial charge in [-0.3, -0.25) is 5.73 Å². The summed E-state index contributed by atoms with van der Waals surface area (Å²) in [6.45, 7) is 0. The summed E-state index contributed by atoms with van der Waals surface area (Å²) in [6, 6.07) is 0. The average Bonchev–Trinajstić information content (AvgIpc) is 2.34. The van der Waals surface area contributed by atoms with Gasteiger partial charge in [0.1, 0.15) is 12.4 Å². The Balaban J connectivity index is 0.00000121. The van der Waals surface area contributed by atoms with E-state index in [0.29, 0.717) is 0 Å². The zero-order valence-electron chi connectivity index (χ0n) is 6.51. The second-order valence-corrected chi connectivity index (χ2v) is 2.31. The molecule has 0 radical (unpaired) electrons. The minimum absolute atomic E-state index is 0. The van der Waals surface area contributed by atoms with Crippen LogP contribution in [0.15, 0.2) is 18.7 Å². The summed E-state index contributed by atoms with van der Waals surface area (Å²) in [5, 5.41) is 8.49. The fourth-order valence-electron chi connectivity index (χ4n) is 0.762. The van der Waals surface area contributed by atoms with Crippen LogP contribution in [0.3, 0.4) is 0 Å². The van der Waals surface area contributed by atoms with Crippen LogP contribution in [0.25, 0.3) is 0 Å². The van der Waals surface area contributed by atoms with E-state index < -0.39 is 12.1 Å². The monoisotopic (exact) mass is 191 g/mol. The van der Waals surface area contributed by atoms with E-state index in [0.717, 1.165) is 0 Å². The summed E-state index contributed by atoms with van der Waals surface area (Å²) in [5.41, 5.74) is 5.30. The van der Waals surface area contributed by atoms with Crippen molar-refractivity contribution in [3.8, 4) is 0 Å². The summed E-state index contributed by atoms with van der Waals surface area (Å²) < 4.78 is 3.14. The first-order chi connectivity index (χ1) is 5.11. The molecule has 1 atom stereocenters. The van der Waals surface area contributed by atoms with Crippen LogP contribution in [0.4, 0.5) is 0 Å². The molecule has 0 aliphatic carbocycles. The molecule has 0 aromatic carbocycles. The van der Waals surface area contributed by atoms with Crippen LogP contribution in [-0.4, -0.2) is 15.6 Å². The zero-order chi connectivity index (χ0) is 8.43. The minimum atomic E-state index is -1.04. The molecule has 0 bridgehead atoms. The third-order valence-corrected chi connectivity index (χ3v) is 1.36. The van der Waals surface area contributed by atoms with Crippen LogP contribution in [0.5, 0.6) is 0 Å². The van der Waals surface area contributed by atoms with E-state index in [1.165, 1.54) is 4.57 Å². The van der Waals surface area contributed by atoms with Gasteiger partial charge >= 0.3 is 5.97 Å². The highest BCUT2D eigenvalue weighted by molar-refractivity contribution is 5.70. The van der Waals surface area contributed by atoms with Crippen molar-refractivity contribution >= 4 is 5.97 Å². The summed E-state index contributed by atoms with van der Waals surface area (Å²) in [5.74, 6) is -1.04. The highest BCUT2D eigenvalue weighted by atomic mass is 35.5. The van der Waals surface area contributed by atoms with E-state index >= 15 is 0 Å². The molecular weight excluding hydrogens is 182 g/mol. The number of aryl methyl sites for hydroxylation is 1. The topological polar surface area (TPSA) is 72.1 Å². The van der Waals surface area contributed by atoms with Crippen LogP contribution in [0.2, 0.25) is 0 Å². The summed E-state index contributed by atoms with van der Waals surface area (Å²) in [7, 11) is 1.80. The van der Waals surface area contributed by atoms with Crippen molar-refractivity contribution in [2.45, 2.75) is 6.17 Å². The van der Waals surface area contributed by atoms with Crippen LogP contribution in [-0.2, 0) is 11.8 Å². The standard InChI is InChI=1S/C6H9N3O2.ClH/c1-8-2-3-9(4-8)5(7)6(10)11;/h2-5H,7H2,1H3;1H. The molecule has 1 rings (SSSR count). The Kier molecular flexibility index (Phi) is 3.72. The Bertz CT molecular complexity index is 274. The van der Waals surface area contributed by atoms with E-state index in [1.54, 1.807) is 30.3 Å². The Morgan fingerprint density at radius 2 is 2.33 bits per heavy atom. The predicted octanol–water partition coefficient (Wildman–Crippen LogP) is -4.14. The largest absolute Gasteiger partial charge is 1.00 e. The molecule has 1 unspecified atom stereocenters. The molecule has 0 aliphatic heterocycles. The lowest BCUT2D eigenvalue weighted by atomic mass is 10.5. The molecule has 0 saturated carbocycles. The molecule has 0 aliphatic rings. The average molecular weight is 192 g/mol. The van der Waals surface area contributed by atoms with Crippen molar-refractivity contribution < 1.29 is 26.9 Å². The number of aliphatic carboxylic acids is 1. The van der Waals surface area contributed by atoms with Gasteiger partial charge in [-0.05, 0) is 0 Å². The van der Waals surface area contributed by atoms with Crippen LogP contribution in [0, 0.1) is 0 Å². The molecule has 5 nitrogen and oxygen atoms in total. The highest BCUT2D eigenvalue weighted by Crippen LogP contribution is 1.94. The molecule has 68 valence electrons. The van der Waals surface area contributed by atoms with E-state index in [9.17, 15) is 4.79 Å². The maximum absolute atomic E-state index is 10.4.